The zero-order valence-electron chi connectivity index (χ0n) is 23.4. The molecule has 0 amide bonds. The summed E-state index contributed by atoms with van der Waals surface area (Å²) in [5.74, 6) is -0.109. The second-order valence-electron chi connectivity index (χ2n) is 9.29. The number of carbonyl (C=O) groups is 1. The molecule has 0 spiro atoms. The van der Waals surface area contributed by atoms with Gasteiger partial charge in [0.05, 0.1) is 40.1 Å². The maximum atomic E-state index is 11.5. The molecular weight excluding hydrogens is 591 g/mol. The van der Waals surface area contributed by atoms with Crippen LogP contribution < -0.4 is 4.90 Å². The zero-order chi connectivity index (χ0) is 29.3. The van der Waals surface area contributed by atoms with Crippen molar-refractivity contribution in [1.29, 1.82) is 0 Å². The van der Waals surface area contributed by atoms with Gasteiger partial charge in [0.15, 0.2) is 4.34 Å². The van der Waals surface area contributed by atoms with E-state index in [0.717, 1.165) is 40.6 Å². The van der Waals surface area contributed by atoms with Gasteiger partial charge in [-0.25, -0.2) is 0 Å². The van der Waals surface area contributed by atoms with E-state index in [-0.39, 0.29) is 11.7 Å². The van der Waals surface area contributed by atoms with E-state index in [1.54, 1.807) is 18.3 Å². The standard InChI is InChI=1S/C28H29N9O2S3/c1-4-39-26(38)17-40-28-36-35-27(42-28)34-32-23-10-7-20(15-19(23)3)29-31-22-9-8-21(16-18(22)2)30-33-24-11-12-25(41-24)37-13-5-6-14-37/h7-12,15-16H,4-6,13-14,17H2,1-3H3/b31-29+,33-30+,34-32+. The van der Waals surface area contributed by atoms with E-state index in [1.165, 1.54) is 40.9 Å². The molecule has 1 aliphatic heterocycles. The molecule has 0 saturated carbocycles. The quantitative estimate of drug-likeness (QED) is 0.0933. The summed E-state index contributed by atoms with van der Waals surface area (Å²) in [4.78, 5) is 13.9. The molecule has 1 saturated heterocycles. The maximum absolute atomic E-state index is 11.5. The van der Waals surface area contributed by atoms with Crippen LogP contribution >= 0.6 is 34.4 Å². The number of carbonyl (C=O) groups excluding carboxylic acids is 1. The molecule has 2 aromatic heterocycles. The summed E-state index contributed by atoms with van der Waals surface area (Å²) in [5, 5.41) is 36.8. The van der Waals surface area contributed by atoms with Crippen molar-refractivity contribution in [3.63, 3.8) is 0 Å². The average Bonchev–Trinajstić information content (AvgIpc) is 3.76. The Morgan fingerprint density at radius 3 is 2.19 bits per heavy atom. The fourth-order valence-corrected chi connectivity index (χ4v) is 6.39. The number of esters is 1. The number of benzene rings is 2. The van der Waals surface area contributed by atoms with Crippen LogP contribution in [0.1, 0.15) is 30.9 Å². The monoisotopic (exact) mass is 619 g/mol. The minimum absolute atomic E-state index is 0.179. The Bertz CT molecular complexity index is 1620. The molecule has 216 valence electrons. The Balaban J connectivity index is 1.17. The molecule has 3 heterocycles. The van der Waals surface area contributed by atoms with Gasteiger partial charge in [-0.05, 0) is 93.3 Å². The number of thiophene rings is 1. The van der Waals surface area contributed by atoms with Crippen molar-refractivity contribution in [3.05, 3.63) is 59.7 Å². The minimum Gasteiger partial charge on any atom is -0.465 e. The Morgan fingerprint density at radius 2 is 1.52 bits per heavy atom. The number of nitrogens with zero attached hydrogens (tertiary/aromatic N) is 9. The van der Waals surface area contributed by atoms with E-state index in [2.05, 4.69) is 51.8 Å². The van der Waals surface area contributed by atoms with Gasteiger partial charge in [-0.15, -0.1) is 30.7 Å². The van der Waals surface area contributed by atoms with Gasteiger partial charge >= 0.3 is 5.97 Å². The lowest BCUT2D eigenvalue weighted by atomic mass is 10.2. The van der Waals surface area contributed by atoms with E-state index >= 15 is 0 Å². The van der Waals surface area contributed by atoms with Crippen LogP contribution in [0.5, 0.6) is 0 Å². The summed E-state index contributed by atoms with van der Waals surface area (Å²) < 4.78 is 5.55. The first-order chi connectivity index (χ1) is 20.5. The van der Waals surface area contributed by atoms with Gasteiger partial charge in [0.1, 0.15) is 5.00 Å². The first-order valence-corrected chi connectivity index (χ1v) is 16.0. The summed E-state index contributed by atoms with van der Waals surface area (Å²) in [5.41, 5.74) is 4.77. The molecule has 0 bridgehead atoms. The fraction of sp³-hybridized carbons (Fsp3) is 0.321. The van der Waals surface area contributed by atoms with E-state index in [4.69, 9.17) is 4.74 Å². The summed E-state index contributed by atoms with van der Waals surface area (Å²) in [6.07, 6.45) is 2.51. The van der Waals surface area contributed by atoms with Crippen LogP contribution in [0.3, 0.4) is 0 Å². The zero-order valence-corrected chi connectivity index (χ0v) is 25.9. The van der Waals surface area contributed by atoms with Crippen LogP contribution in [-0.4, -0.2) is 41.6 Å². The van der Waals surface area contributed by atoms with Gasteiger partial charge in [-0.1, -0.05) is 34.4 Å². The summed E-state index contributed by atoms with van der Waals surface area (Å²) in [7, 11) is 0. The van der Waals surface area contributed by atoms with Crippen molar-refractivity contribution in [1.82, 2.24) is 10.2 Å². The largest absolute Gasteiger partial charge is 0.465 e. The molecule has 4 aromatic rings. The van der Waals surface area contributed by atoms with Crippen LogP contribution in [0.25, 0.3) is 0 Å². The molecule has 11 nitrogen and oxygen atoms in total. The minimum atomic E-state index is -0.289. The summed E-state index contributed by atoms with van der Waals surface area (Å²) >= 11 is 4.19. The van der Waals surface area contributed by atoms with Crippen LogP contribution in [0, 0.1) is 13.8 Å². The Hall–Kier alpha value is -3.88. The lowest BCUT2D eigenvalue weighted by Crippen LogP contribution is -2.15. The predicted molar refractivity (Wildman–Crippen MR) is 168 cm³/mol. The average molecular weight is 620 g/mol. The Kier molecular flexibility index (Phi) is 10.1. The van der Waals surface area contributed by atoms with Crippen LogP contribution in [0.15, 0.2) is 83.6 Å². The van der Waals surface area contributed by atoms with Crippen molar-refractivity contribution < 1.29 is 9.53 Å². The van der Waals surface area contributed by atoms with E-state index in [9.17, 15) is 4.79 Å². The molecule has 0 N–H and O–H groups in total. The highest BCUT2D eigenvalue weighted by atomic mass is 32.2. The highest BCUT2D eigenvalue weighted by Gasteiger charge is 2.14. The van der Waals surface area contributed by atoms with Crippen molar-refractivity contribution >= 4 is 78.3 Å². The number of aryl methyl sites for hydroxylation is 2. The Morgan fingerprint density at radius 1 is 0.857 bits per heavy atom. The third-order valence-corrected chi connectivity index (χ3v) is 9.10. The first-order valence-electron chi connectivity index (χ1n) is 13.4. The number of ether oxygens (including phenoxy) is 1. The number of anilines is 1. The van der Waals surface area contributed by atoms with Gasteiger partial charge in [-0.2, -0.15) is 10.2 Å². The molecule has 5 rings (SSSR count). The fourth-order valence-electron chi connectivity index (χ4n) is 4.05. The molecule has 0 aliphatic carbocycles. The van der Waals surface area contributed by atoms with Crippen LogP contribution in [0.2, 0.25) is 0 Å². The highest BCUT2D eigenvalue weighted by Crippen LogP contribution is 2.36. The second-order valence-corrected chi connectivity index (χ2v) is 12.5. The van der Waals surface area contributed by atoms with Crippen molar-refractivity contribution in [3.8, 4) is 0 Å². The molecule has 14 heteroatoms. The molecule has 0 atom stereocenters. The smallest absolute Gasteiger partial charge is 0.316 e. The highest BCUT2D eigenvalue weighted by molar-refractivity contribution is 8.01. The molecule has 1 aliphatic rings. The van der Waals surface area contributed by atoms with Gasteiger partial charge in [-0.3, -0.25) is 4.79 Å². The molecule has 1 fully saturated rings. The number of hydrogen-bond donors (Lipinski definition) is 0. The molecular formula is C28H29N9O2S3. The van der Waals surface area contributed by atoms with Gasteiger partial charge < -0.3 is 9.64 Å². The lowest BCUT2D eigenvalue weighted by molar-refractivity contribution is -0.139. The molecule has 0 unspecified atom stereocenters. The van der Waals surface area contributed by atoms with Crippen LogP contribution in [-0.2, 0) is 9.53 Å². The topological polar surface area (TPSA) is 129 Å². The van der Waals surface area contributed by atoms with Crippen molar-refractivity contribution in [2.75, 3.05) is 30.3 Å². The number of azo groups is 3. The van der Waals surface area contributed by atoms with Crippen molar-refractivity contribution in [2.24, 2.45) is 30.7 Å². The maximum Gasteiger partial charge on any atom is 0.316 e. The molecule has 0 radical (unpaired) electrons. The third kappa shape index (κ3) is 8.11. The van der Waals surface area contributed by atoms with Gasteiger partial charge in [0, 0.05) is 13.1 Å². The van der Waals surface area contributed by atoms with E-state index in [1.807, 2.05) is 56.3 Å². The number of aromatic nitrogens is 2. The predicted octanol–water partition coefficient (Wildman–Crippen LogP) is 9.72. The number of thioether (sulfide) groups is 1. The number of hydrogen-bond acceptors (Lipinski definition) is 14. The summed E-state index contributed by atoms with van der Waals surface area (Å²) in [6.45, 7) is 8.27. The van der Waals surface area contributed by atoms with E-state index < -0.39 is 0 Å². The second kappa shape index (κ2) is 14.3. The molecule has 42 heavy (non-hydrogen) atoms. The SMILES string of the molecule is CCOC(=O)CSc1nnc(/N=N/c2ccc(/N=N/c3ccc(/N=N/c4ccc(N5CCCC5)s4)cc3C)cc2C)s1. The summed E-state index contributed by atoms with van der Waals surface area (Å²) in [6, 6.07) is 15.5. The van der Waals surface area contributed by atoms with E-state index in [0.29, 0.717) is 27.5 Å². The first kappa shape index (κ1) is 29.6. The van der Waals surface area contributed by atoms with Gasteiger partial charge in [0.2, 0.25) is 0 Å². The number of rotatable bonds is 11. The van der Waals surface area contributed by atoms with Crippen molar-refractivity contribution in [2.45, 2.75) is 38.0 Å². The lowest BCUT2D eigenvalue weighted by Gasteiger charge is -2.13. The van der Waals surface area contributed by atoms with Crippen LogP contribution in [0.4, 0.5) is 37.9 Å². The van der Waals surface area contributed by atoms with Gasteiger partial charge in [0.25, 0.3) is 5.13 Å². The Labute approximate surface area is 255 Å². The molecule has 2 aromatic carbocycles. The third-order valence-electron chi connectivity index (χ3n) is 6.15. The normalized spacial score (nSPS) is 13.7.